The second-order valence-electron chi connectivity index (χ2n) is 4.80. The zero-order chi connectivity index (χ0) is 14.1. The van der Waals surface area contributed by atoms with Gasteiger partial charge in [-0.25, -0.2) is 4.68 Å². The molecule has 0 spiro atoms. The number of nitrogens with one attached hydrogen (secondary N) is 1. The highest BCUT2D eigenvalue weighted by atomic mass is 16.1. The molecule has 0 amide bonds. The summed E-state index contributed by atoms with van der Waals surface area (Å²) in [7, 11) is 1.99. The first-order valence-corrected chi connectivity index (χ1v) is 7.18. The third-order valence-electron chi connectivity index (χ3n) is 3.01. The number of rotatable bonds is 9. The van der Waals surface area contributed by atoms with Crippen molar-refractivity contribution in [2.45, 2.75) is 39.7 Å². The lowest BCUT2D eigenvalue weighted by molar-refractivity contribution is 0.521. The lowest BCUT2D eigenvalue weighted by atomic mass is 10.3. The highest BCUT2D eigenvalue weighted by molar-refractivity contribution is 5.41. The van der Waals surface area contributed by atoms with Gasteiger partial charge in [0.15, 0.2) is 0 Å². The normalized spacial score (nSPS) is 10.7. The summed E-state index contributed by atoms with van der Waals surface area (Å²) in [6.45, 7) is 7.83. The Morgan fingerprint density at radius 1 is 1.32 bits per heavy atom. The van der Waals surface area contributed by atoms with Crippen LogP contribution in [-0.2, 0) is 6.54 Å². The van der Waals surface area contributed by atoms with Gasteiger partial charge in [-0.05, 0) is 32.4 Å². The maximum atomic E-state index is 11.9. The van der Waals surface area contributed by atoms with Gasteiger partial charge in [0.25, 0.3) is 5.56 Å². The van der Waals surface area contributed by atoms with Crippen molar-refractivity contribution in [3.8, 4) is 0 Å². The van der Waals surface area contributed by atoms with Crippen molar-refractivity contribution in [3.05, 3.63) is 22.6 Å². The van der Waals surface area contributed by atoms with Crippen LogP contribution in [0.2, 0.25) is 0 Å². The quantitative estimate of drug-likeness (QED) is 0.688. The van der Waals surface area contributed by atoms with Crippen molar-refractivity contribution >= 4 is 5.69 Å². The summed E-state index contributed by atoms with van der Waals surface area (Å²) in [5.41, 5.74) is 0.878. The third kappa shape index (κ3) is 5.42. The van der Waals surface area contributed by atoms with Crippen molar-refractivity contribution in [1.82, 2.24) is 15.1 Å². The van der Waals surface area contributed by atoms with Gasteiger partial charge >= 0.3 is 0 Å². The van der Waals surface area contributed by atoms with Crippen LogP contribution in [0.5, 0.6) is 0 Å². The molecule has 0 radical (unpaired) electrons. The van der Waals surface area contributed by atoms with E-state index in [1.165, 1.54) is 4.68 Å². The summed E-state index contributed by atoms with van der Waals surface area (Å²) in [4.78, 5) is 14.0. The maximum Gasteiger partial charge on any atom is 0.268 e. The van der Waals surface area contributed by atoms with Gasteiger partial charge in [0.1, 0.15) is 0 Å². The maximum absolute atomic E-state index is 11.9. The smallest absolute Gasteiger partial charge is 0.268 e. The van der Waals surface area contributed by atoms with Crippen LogP contribution in [-0.4, -0.2) is 36.5 Å². The van der Waals surface area contributed by atoms with Gasteiger partial charge in [-0.2, -0.15) is 5.10 Å². The monoisotopic (exact) mass is 266 g/mol. The molecule has 108 valence electrons. The topological polar surface area (TPSA) is 50.2 Å². The van der Waals surface area contributed by atoms with Crippen LogP contribution in [0.1, 0.15) is 33.1 Å². The zero-order valence-corrected chi connectivity index (χ0v) is 12.4. The van der Waals surface area contributed by atoms with Crippen LogP contribution in [0.3, 0.4) is 0 Å². The van der Waals surface area contributed by atoms with Crippen molar-refractivity contribution in [1.29, 1.82) is 0 Å². The lowest BCUT2D eigenvalue weighted by Crippen LogP contribution is -2.27. The fraction of sp³-hybridized carbons (Fsp3) is 0.714. The number of anilines is 1. The van der Waals surface area contributed by atoms with Crippen molar-refractivity contribution < 1.29 is 0 Å². The Morgan fingerprint density at radius 2 is 2.11 bits per heavy atom. The molecule has 0 aliphatic carbocycles. The first-order valence-electron chi connectivity index (χ1n) is 7.18. The highest BCUT2D eigenvalue weighted by Crippen LogP contribution is 2.06. The van der Waals surface area contributed by atoms with Crippen molar-refractivity contribution in [2.75, 3.05) is 31.6 Å². The second-order valence-corrected chi connectivity index (χ2v) is 4.80. The largest absolute Gasteiger partial charge is 0.373 e. The van der Waals surface area contributed by atoms with E-state index in [2.05, 4.69) is 29.2 Å². The molecular weight excluding hydrogens is 240 g/mol. The summed E-state index contributed by atoms with van der Waals surface area (Å²) < 4.78 is 1.54. The van der Waals surface area contributed by atoms with Gasteiger partial charge in [0.2, 0.25) is 0 Å². The summed E-state index contributed by atoms with van der Waals surface area (Å²) >= 11 is 0. The minimum Gasteiger partial charge on any atom is -0.373 e. The lowest BCUT2D eigenvalue weighted by Gasteiger charge is -2.17. The molecule has 0 fully saturated rings. The zero-order valence-electron chi connectivity index (χ0n) is 12.4. The predicted octanol–water partition coefficient (Wildman–Crippen LogP) is 1.48. The SMILES string of the molecule is CCCNCCCn1ncc(N(C)CCC)cc1=O. The second kappa shape index (κ2) is 8.69. The molecule has 19 heavy (non-hydrogen) atoms. The minimum atomic E-state index is -0.0176. The summed E-state index contributed by atoms with van der Waals surface area (Å²) in [5, 5.41) is 7.55. The Labute approximate surface area is 115 Å². The van der Waals surface area contributed by atoms with Gasteiger partial charge in [-0.15, -0.1) is 0 Å². The van der Waals surface area contributed by atoms with Crippen LogP contribution < -0.4 is 15.8 Å². The molecular formula is C14H26N4O. The van der Waals surface area contributed by atoms with Gasteiger partial charge in [0.05, 0.1) is 11.9 Å². The summed E-state index contributed by atoms with van der Waals surface area (Å²) in [6.07, 6.45) is 4.90. The Balaban J connectivity index is 2.50. The molecule has 0 atom stereocenters. The number of hydrogen-bond acceptors (Lipinski definition) is 4. The van der Waals surface area contributed by atoms with Crippen LogP contribution in [0, 0.1) is 0 Å². The molecule has 0 aliphatic rings. The van der Waals surface area contributed by atoms with E-state index in [1.807, 2.05) is 7.05 Å². The van der Waals surface area contributed by atoms with E-state index in [1.54, 1.807) is 12.3 Å². The molecule has 5 nitrogen and oxygen atoms in total. The first-order chi connectivity index (χ1) is 9.19. The Bertz CT molecular complexity index is 416. The van der Waals surface area contributed by atoms with E-state index >= 15 is 0 Å². The Hall–Kier alpha value is -1.36. The minimum absolute atomic E-state index is 0.0176. The molecule has 1 N–H and O–H groups in total. The van der Waals surface area contributed by atoms with Crippen molar-refractivity contribution in [2.24, 2.45) is 0 Å². The number of nitrogens with zero attached hydrogens (tertiary/aromatic N) is 3. The Kier molecular flexibility index (Phi) is 7.18. The average Bonchev–Trinajstić information content (AvgIpc) is 2.40. The van der Waals surface area contributed by atoms with Gasteiger partial charge in [-0.3, -0.25) is 4.79 Å². The molecule has 0 saturated carbocycles. The fourth-order valence-electron chi connectivity index (χ4n) is 1.92. The number of aromatic nitrogens is 2. The predicted molar refractivity (Wildman–Crippen MR) is 79.8 cm³/mol. The van der Waals surface area contributed by atoms with E-state index in [0.29, 0.717) is 6.54 Å². The highest BCUT2D eigenvalue weighted by Gasteiger charge is 2.03. The van der Waals surface area contributed by atoms with E-state index in [0.717, 1.165) is 44.6 Å². The molecule has 1 heterocycles. The van der Waals surface area contributed by atoms with Gasteiger partial charge in [-0.1, -0.05) is 13.8 Å². The van der Waals surface area contributed by atoms with Crippen LogP contribution in [0.15, 0.2) is 17.1 Å². The van der Waals surface area contributed by atoms with E-state index in [9.17, 15) is 4.79 Å². The molecule has 1 aromatic heterocycles. The van der Waals surface area contributed by atoms with E-state index < -0.39 is 0 Å². The first kappa shape index (κ1) is 15.7. The van der Waals surface area contributed by atoms with Gasteiger partial charge in [0, 0.05) is 26.2 Å². The van der Waals surface area contributed by atoms with E-state index in [-0.39, 0.29) is 5.56 Å². The molecule has 5 heteroatoms. The molecule has 0 saturated heterocycles. The molecule has 0 aliphatic heterocycles. The molecule has 1 aromatic rings. The average molecular weight is 266 g/mol. The number of hydrogen-bond donors (Lipinski definition) is 1. The molecule has 0 unspecified atom stereocenters. The number of aryl methyl sites for hydroxylation is 1. The van der Waals surface area contributed by atoms with Crippen LogP contribution in [0.4, 0.5) is 5.69 Å². The van der Waals surface area contributed by atoms with Gasteiger partial charge < -0.3 is 10.2 Å². The van der Waals surface area contributed by atoms with Crippen LogP contribution in [0.25, 0.3) is 0 Å². The summed E-state index contributed by atoms with van der Waals surface area (Å²) in [5.74, 6) is 0. The fourth-order valence-corrected chi connectivity index (χ4v) is 1.92. The third-order valence-corrected chi connectivity index (χ3v) is 3.01. The Morgan fingerprint density at radius 3 is 2.74 bits per heavy atom. The summed E-state index contributed by atoms with van der Waals surface area (Å²) in [6, 6.07) is 1.67. The van der Waals surface area contributed by atoms with E-state index in [4.69, 9.17) is 0 Å². The molecule has 0 bridgehead atoms. The van der Waals surface area contributed by atoms with Crippen molar-refractivity contribution in [3.63, 3.8) is 0 Å². The molecule has 1 rings (SSSR count). The molecule has 0 aromatic carbocycles. The van der Waals surface area contributed by atoms with Crippen LogP contribution >= 0.6 is 0 Å². The standard InChI is InChI=1S/C14H26N4O/c1-4-7-15-8-6-10-18-14(19)11-13(12-16-18)17(3)9-5-2/h11-12,15H,4-10H2,1-3H3.